The number of anilines is 2. The molecule has 0 radical (unpaired) electrons. The van der Waals surface area contributed by atoms with Crippen LogP contribution in [0.3, 0.4) is 0 Å². The van der Waals surface area contributed by atoms with E-state index in [-0.39, 0.29) is 22.8 Å². The smallest absolute Gasteiger partial charge is 0.269 e. The van der Waals surface area contributed by atoms with Gasteiger partial charge in [0, 0.05) is 46.1 Å². The van der Waals surface area contributed by atoms with Gasteiger partial charge in [-0.1, -0.05) is 6.07 Å². The molecule has 0 fully saturated rings. The maximum absolute atomic E-state index is 12.5. The Kier molecular flexibility index (Phi) is 7.36. The Morgan fingerprint density at radius 1 is 0.818 bits per heavy atom. The molecule has 0 saturated heterocycles. The van der Waals surface area contributed by atoms with Crippen LogP contribution in [-0.4, -0.2) is 26.9 Å². The molecule has 0 aromatic heterocycles. The van der Waals surface area contributed by atoms with Gasteiger partial charge in [0.15, 0.2) is 0 Å². The fourth-order valence-electron chi connectivity index (χ4n) is 2.75. The van der Waals surface area contributed by atoms with Crippen LogP contribution < -0.4 is 10.6 Å². The van der Waals surface area contributed by atoms with E-state index in [9.17, 15) is 29.8 Å². The highest BCUT2D eigenvalue weighted by atomic mass is 32.2. The molecular weight excluding hydrogens is 448 g/mol. The van der Waals surface area contributed by atoms with Gasteiger partial charge in [0.05, 0.1) is 15.1 Å². The van der Waals surface area contributed by atoms with Gasteiger partial charge < -0.3 is 10.6 Å². The molecule has 11 heteroatoms. The number of thioether (sulfide) groups is 1. The van der Waals surface area contributed by atoms with E-state index in [0.717, 1.165) is 4.90 Å². The standard InChI is InChI=1S/C22H18N4O6S/c1-14(21(27)23-16-7-11-19(12-8-16)26(31)32)33-20-4-2-3-17(13-20)24-22(28)15-5-9-18(10-6-15)25(29)30/h2-14H,1H3,(H,23,27)(H,24,28). The summed E-state index contributed by atoms with van der Waals surface area (Å²) >= 11 is 1.27. The third-order valence-corrected chi connectivity index (χ3v) is 5.55. The number of non-ortho nitro benzene ring substituents is 2. The molecule has 0 aliphatic heterocycles. The normalized spacial score (nSPS) is 11.3. The second-order valence-electron chi connectivity index (χ2n) is 6.84. The summed E-state index contributed by atoms with van der Waals surface area (Å²) in [6.07, 6.45) is 0. The third-order valence-electron chi connectivity index (χ3n) is 4.46. The molecule has 3 aromatic rings. The summed E-state index contributed by atoms with van der Waals surface area (Å²) in [4.78, 5) is 46.0. The first-order valence-electron chi connectivity index (χ1n) is 9.61. The number of carbonyl (C=O) groups excluding carboxylic acids is 2. The van der Waals surface area contributed by atoms with Gasteiger partial charge in [-0.2, -0.15) is 0 Å². The largest absolute Gasteiger partial charge is 0.325 e. The molecule has 0 spiro atoms. The highest BCUT2D eigenvalue weighted by molar-refractivity contribution is 8.00. The zero-order valence-corrected chi connectivity index (χ0v) is 18.1. The molecule has 3 rings (SSSR count). The molecule has 0 bridgehead atoms. The Labute approximate surface area is 192 Å². The maximum Gasteiger partial charge on any atom is 0.269 e. The first kappa shape index (κ1) is 23.4. The van der Waals surface area contributed by atoms with Gasteiger partial charge in [0.1, 0.15) is 0 Å². The number of nitrogens with zero attached hydrogens (tertiary/aromatic N) is 2. The van der Waals surface area contributed by atoms with Crippen LogP contribution in [0.15, 0.2) is 77.7 Å². The molecule has 3 aromatic carbocycles. The first-order valence-corrected chi connectivity index (χ1v) is 10.5. The van der Waals surface area contributed by atoms with Crippen LogP contribution in [0.4, 0.5) is 22.7 Å². The van der Waals surface area contributed by atoms with Gasteiger partial charge in [0.2, 0.25) is 5.91 Å². The van der Waals surface area contributed by atoms with Crippen molar-refractivity contribution in [2.24, 2.45) is 0 Å². The monoisotopic (exact) mass is 466 g/mol. The minimum Gasteiger partial charge on any atom is -0.325 e. The molecule has 33 heavy (non-hydrogen) atoms. The van der Waals surface area contributed by atoms with Crippen LogP contribution in [-0.2, 0) is 4.79 Å². The molecule has 0 aliphatic carbocycles. The molecule has 168 valence electrons. The molecule has 0 aliphatic rings. The minimum absolute atomic E-state index is 0.0667. The summed E-state index contributed by atoms with van der Waals surface area (Å²) in [6, 6.07) is 17.7. The average Bonchev–Trinajstić information content (AvgIpc) is 2.79. The quantitative estimate of drug-likeness (QED) is 0.273. The summed E-state index contributed by atoms with van der Waals surface area (Å²) in [5, 5.41) is 26.4. The van der Waals surface area contributed by atoms with Gasteiger partial charge >= 0.3 is 0 Å². The molecular formula is C22H18N4O6S. The lowest BCUT2D eigenvalue weighted by atomic mass is 10.2. The molecule has 2 N–H and O–H groups in total. The van der Waals surface area contributed by atoms with E-state index >= 15 is 0 Å². The van der Waals surface area contributed by atoms with Crippen molar-refractivity contribution in [1.82, 2.24) is 0 Å². The number of hydrogen-bond acceptors (Lipinski definition) is 7. The fraction of sp³-hybridized carbons (Fsp3) is 0.0909. The van der Waals surface area contributed by atoms with E-state index in [1.807, 2.05) is 0 Å². The van der Waals surface area contributed by atoms with Crippen molar-refractivity contribution in [2.75, 3.05) is 10.6 Å². The SMILES string of the molecule is CC(Sc1cccc(NC(=O)c2ccc([N+](=O)[O-])cc2)c1)C(=O)Nc1ccc([N+](=O)[O-])cc1. The van der Waals surface area contributed by atoms with Gasteiger partial charge in [-0.25, -0.2) is 0 Å². The molecule has 1 unspecified atom stereocenters. The lowest BCUT2D eigenvalue weighted by Gasteiger charge is -2.13. The second kappa shape index (κ2) is 10.4. The lowest BCUT2D eigenvalue weighted by Crippen LogP contribution is -2.22. The Hall–Kier alpha value is -4.25. The Balaban J connectivity index is 1.60. The van der Waals surface area contributed by atoms with E-state index < -0.39 is 21.0 Å². The van der Waals surface area contributed by atoms with Gasteiger partial charge in [-0.05, 0) is 49.4 Å². The van der Waals surface area contributed by atoms with Crippen molar-refractivity contribution in [3.05, 3.63) is 98.6 Å². The number of nitro benzene ring substituents is 2. The van der Waals surface area contributed by atoms with Gasteiger partial charge in [-0.3, -0.25) is 29.8 Å². The molecule has 2 amide bonds. The van der Waals surface area contributed by atoms with Crippen molar-refractivity contribution < 1.29 is 19.4 Å². The lowest BCUT2D eigenvalue weighted by molar-refractivity contribution is -0.385. The molecule has 0 heterocycles. The summed E-state index contributed by atoms with van der Waals surface area (Å²) in [5.41, 5.74) is 1.05. The Morgan fingerprint density at radius 2 is 1.39 bits per heavy atom. The van der Waals surface area contributed by atoms with E-state index in [2.05, 4.69) is 10.6 Å². The van der Waals surface area contributed by atoms with E-state index in [1.165, 1.54) is 60.3 Å². The first-order chi connectivity index (χ1) is 15.7. The zero-order valence-electron chi connectivity index (χ0n) is 17.3. The zero-order chi connectivity index (χ0) is 24.0. The average molecular weight is 466 g/mol. The predicted molar refractivity (Wildman–Crippen MR) is 125 cm³/mol. The van der Waals surface area contributed by atoms with Crippen molar-refractivity contribution in [2.45, 2.75) is 17.1 Å². The van der Waals surface area contributed by atoms with E-state index in [1.54, 1.807) is 31.2 Å². The number of nitro groups is 2. The number of carbonyl (C=O) groups is 2. The summed E-state index contributed by atoms with van der Waals surface area (Å²) in [7, 11) is 0. The molecule has 10 nitrogen and oxygen atoms in total. The van der Waals surface area contributed by atoms with Crippen molar-refractivity contribution in [3.63, 3.8) is 0 Å². The number of hydrogen-bond donors (Lipinski definition) is 2. The number of nitrogens with one attached hydrogen (secondary N) is 2. The van der Waals surface area contributed by atoms with Gasteiger partial charge in [0.25, 0.3) is 17.3 Å². The van der Waals surface area contributed by atoms with Crippen molar-refractivity contribution in [1.29, 1.82) is 0 Å². The van der Waals surface area contributed by atoms with Crippen LogP contribution in [0, 0.1) is 20.2 Å². The predicted octanol–water partition coefficient (Wildman–Crippen LogP) is 4.87. The van der Waals surface area contributed by atoms with Crippen LogP contribution >= 0.6 is 11.8 Å². The maximum atomic E-state index is 12.5. The highest BCUT2D eigenvalue weighted by Crippen LogP contribution is 2.27. The van der Waals surface area contributed by atoms with E-state index in [4.69, 9.17) is 0 Å². The summed E-state index contributed by atoms with van der Waals surface area (Å²) in [5.74, 6) is -0.704. The van der Waals surface area contributed by atoms with Crippen molar-refractivity contribution in [3.8, 4) is 0 Å². The molecule has 1 atom stereocenters. The number of rotatable bonds is 8. The summed E-state index contributed by atoms with van der Waals surface area (Å²) in [6.45, 7) is 1.72. The van der Waals surface area contributed by atoms with Crippen molar-refractivity contribution >= 4 is 46.3 Å². The number of benzene rings is 3. The van der Waals surface area contributed by atoms with Crippen LogP contribution in [0.1, 0.15) is 17.3 Å². The summed E-state index contributed by atoms with van der Waals surface area (Å²) < 4.78 is 0. The van der Waals surface area contributed by atoms with Gasteiger partial charge in [-0.15, -0.1) is 11.8 Å². The van der Waals surface area contributed by atoms with E-state index in [0.29, 0.717) is 11.4 Å². The topological polar surface area (TPSA) is 144 Å². The third kappa shape index (κ3) is 6.37. The minimum atomic E-state index is -0.540. The number of amides is 2. The second-order valence-corrected chi connectivity index (χ2v) is 8.25. The fourth-order valence-corrected chi connectivity index (χ4v) is 3.68. The Bertz CT molecular complexity index is 1200. The van der Waals surface area contributed by atoms with Crippen LogP contribution in [0.25, 0.3) is 0 Å². The van der Waals surface area contributed by atoms with Crippen LogP contribution in [0.5, 0.6) is 0 Å². The van der Waals surface area contributed by atoms with Crippen LogP contribution in [0.2, 0.25) is 0 Å². The Morgan fingerprint density at radius 3 is 1.97 bits per heavy atom. The highest BCUT2D eigenvalue weighted by Gasteiger charge is 2.16. The molecule has 0 saturated carbocycles.